The maximum Gasteiger partial charge on any atom is 0.287 e. The molecular weight excluding hydrogens is 212 g/mol. The number of rotatable bonds is 5. The van der Waals surface area contributed by atoms with E-state index in [1.165, 1.54) is 0 Å². The number of thiol groups is 1. The molecule has 0 aliphatic carbocycles. The molecule has 0 bridgehead atoms. The monoisotopic (exact) mass is 227 g/mol. The molecule has 0 heterocycles. The fourth-order valence-electron chi connectivity index (χ4n) is 0.680. The Labute approximate surface area is 87.3 Å². The second-order valence-corrected chi connectivity index (χ2v) is 3.98. The van der Waals surface area contributed by atoms with Crippen LogP contribution in [0.25, 0.3) is 0 Å². The SMILES string of the molecule is CC(C)C(S)C(=O)NCC(F)(F)CO. The van der Waals surface area contributed by atoms with Crippen molar-refractivity contribution in [3.8, 4) is 0 Å². The topological polar surface area (TPSA) is 49.3 Å². The van der Waals surface area contributed by atoms with Crippen LogP contribution in [0.3, 0.4) is 0 Å². The van der Waals surface area contributed by atoms with E-state index in [2.05, 4.69) is 12.6 Å². The minimum Gasteiger partial charge on any atom is -0.390 e. The van der Waals surface area contributed by atoms with Gasteiger partial charge in [0.2, 0.25) is 5.91 Å². The van der Waals surface area contributed by atoms with Crippen molar-refractivity contribution in [2.45, 2.75) is 25.0 Å². The van der Waals surface area contributed by atoms with Crippen molar-refractivity contribution in [3.63, 3.8) is 0 Å². The first-order valence-corrected chi connectivity index (χ1v) is 4.76. The smallest absolute Gasteiger partial charge is 0.287 e. The van der Waals surface area contributed by atoms with Crippen molar-refractivity contribution in [3.05, 3.63) is 0 Å². The van der Waals surface area contributed by atoms with Crippen molar-refractivity contribution in [2.75, 3.05) is 13.2 Å². The Hall–Kier alpha value is -0.360. The molecule has 0 aromatic rings. The van der Waals surface area contributed by atoms with E-state index in [0.717, 1.165) is 0 Å². The number of nitrogens with one attached hydrogen (secondary N) is 1. The molecule has 14 heavy (non-hydrogen) atoms. The van der Waals surface area contributed by atoms with E-state index in [0.29, 0.717) is 0 Å². The Morgan fingerprint density at radius 1 is 1.57 bits per heavy atom. The van der Waals surface area contributed by atoms with Crippen LogP contribution in [0.4, 0.5) is 8.78 Å². The summed E-state index contributed by atoms with van der Waals surface area (Å²) in [6, 6.07) is 0. The molecule has 0 saturated carbocycles. The maximum absolute atomic E-state index is 12.5. The molecule has 6 heteroatoms. The van der Waals surface area contributed by atoms with Crippen molar-refractivity contribution in [1.29, 1.82) is 0 Å². The zero-order valence-corrected chi connectivity index (χ0v) is 9.02. The summed E-state index contributed by atoms with van der Waals surface area (Å²) in [7, 11) is 0. The average Bonchev–Trinajstić information content (AvgIpc) is 2.13. The van der Waals surface area contributed by atoms with Gasteiger partial charge in [0, 0.05) is 0 Å². The highest BCUT2D eigenvalue weighted by molar-refractivity contribution is 7.81. The third kappa shape index (κ3) is 4.76. The molecule has 0 rings (SSSR count). The number of hydrogen-bond donors (Lipinski definition) is 3. The lowest BCUT2D eigenvalue weighted by atomic mass is 10.1. The molecule has 0 aliphatic heterocycles. The lowest BCUT2D eigenvalue weighted by Gasteiger charge is -2.18. The van der Waals surface area contributed by atoms with Crippen LogP contribution < -0.4 is 5.32 Å². The molecule has 1 atom stereocenters. The van der Waals surface area contributed by atoms with Gasteiger partial charge in [-0.25, -0.2) is 8.78 Å². The third-order valence-corrected chi connectivity index (χ3v) is 2.48. The van der Waals surface area contributed by atoms with Gasteiger partial charge in [0.05, 0.1) is 11.8 Å². The molecule has 0 aromatic carbocycles. The highest BCUT2D eigenvalue weighted by atomic mass is 32.1. The summed E-state index contributed by atoms with van der Waals surface area (Å²) in [6.45, 7) is 1.40. The van der Waals surface area contributed by atoms with E-state index < -0.39 is 30.2 Å². The fraction of sp³-hybridized carbons (Fsp3) is 0.875. The quantitative estimate of drug-likeness (QED) is 0.605. The average molecular weight is 227 g/mol. The number of aliphatic hydroxyl groups is 1. The van der Waals surface area contributed by atoms with Crippen LogP contribution in [0.2, 0.25) is 0 Å². The van der Waals surface area contributed by atoms with Gasteiger partial charge in [0.25, 0.3) is 5.92 Å². The summed E-state index contributed by atoms with van der Waals surface area (Å²) < 4.78 is 25.0. The Bertz CT molecular complexity index is 200. The van der Waals surface area contributed by atoms with Gasteiger partial charge in [-0.05, 0) is 5.92 Å². The molecule has 1 amide bonds. The molecule has 0 aliphatic rings. The van der Waals surface area contributed by atoms with Crippen LogP contribution in [-0.4, -0.2) is 35.3 Å². The third-order valence-electron chi connectivity index (χ3n) is 1.65. The molecule has 0 radical (unpaired) electrons. The molecule has 0 saturated heterocycles. The molecule has 84 valence electrons. The lowest BCUT2D eigenvalue weighted by molar-refractivity contribution is -0.124. The molecule has 3 nitrogen and oxygen atoms in total. The van der Waals surface area contributed by atoms with Crippen molar-refractivity contribution in [2.24, 2.45) is 5.92 Å². The van der Waals surface area contributed by atoms with Gasteiger partial charge in [-0.2, -0.15) is 12.6 Å². The molecule has 2 N–H and O–H groups in total. The summed E-state index contributed by atoms with van der Waals surface area (Å²) in [5.74, 6) is -3.84. The van der Waals surface area contributed by atoms with Crippen LogP contribution in [0, 0.1) is 5.92 Å². The van der Waals surface area contributed by atoms with E-state index >= 15 is 0 Å². The van der Waals surface area contributed by atoms with E-state index in [4.69, 9.17) is 5.11 Å². The van der Waals surface area contributed by atoms with Crippen LogP contribution in [-0.2, 0) is 4.79 Å². The maximum atomic E-state index is 12.5. The Balaban J connectivity index is 3.97. The predicted octanol–water partition coefficient (Wildman–Crippen LogP) is 0.685. The summed E-state index contributed by atoms with van der Waals surface area (Å²) >= 11 is 3.96. The van der Waals surface area contributed by atoms with Gasteiger partial charge >= 0.3 is 0 Å². The number of carbonyl (C=O) groups excluding carboxylic acids is 1. The predicted molar refractivity (Wildman–Crippen MR) is 52.7 cm³/mol. The van der Waals surface area contributed by atoms with Gasteiger partial charge in [0.1, 0.15) is 6.61 Å². The number of amides is 1. The summed E-state index contributed by atoms with van der Waals surface area (Å²) in [6.07, 6.45) is 0. The lowest BCUT2D eigenvalue weighted by Crippen LogP contribution is -2.43. The second kappa shape index (κ2) is 5.50. The molecule has 0 fully saturated rings. The summed E-state index contributed by atoms with van der Waals surface area (Å²) in [5, 5.41) is 9.66. The Morgan fingerprint density at radius 3 is 2.43 bits per heavy atom. The van der Waals surface area contributed by atoms with E-state index in [1.54, 1.807) is 13.8 Å². The molecule has 0 spiro atoms. The van der Waals surface area contributed by atoms with Crippen molar-refractivity contribution in [1.82, 2.24) is 5.32 Å². The number of hydrogen-bond acceptors (Lipinski definition) is 3. The zero-order chi connectivity index (χ0) is 11.4. The van der Waals surface area contributed by atoms with Crippen LogP contribution in [0.1, 0.15) is 13.8 Å². The first kappa shape index (κ1) is 13.6. The van der Waals surface area contributed by atoms with Gasteiger partial charge < -0.3 is 10.4 Å². The molecule has 1 unspecified atom stereocenters. The van der Waals surface area contributed by atoms with Crippen LogP contribution in [0.5, 0.6) is 0 Å². The first-order valence-electron chi connectivity index (χ1n) is 4.24. The highest BCUT2D eigenvalue weighted by Crippen LogP contribution is 2.12. The minimum absolute atomic E-state index is 0.0268. The molecule has 0 aromatic heterocycles. The van der Waals surface area contributed by atoms with Gasteiger partial charge in [0.15, 0.2) is 0 Å². The Morgan fingerprint density at radius 2 is 2.07 bits per heavy atom. The van der Waals surface area contributed by atoms with Crippen LogP contribution >= 0.6 is 12.6 Å². The first-order chi connectivity index (χ1) is 6.30. The summed E-state index contributed by atoms with van der Waals surface area (Å²) in [5.41, 5.74) is 0. The van der Waals surface area contributed by atoms with Crippen molar-refractivity contribution < 1.29 is 18.7 Å². The number of alkyl halides is 2. The highest BCUT2D eigenvalue weighted by Gasteiger charge is 2.29. The minimum atomic E-state index is -3.26. The van der Waals surface area contributed by atoms with E-state index in [9.17, 15) is 13.6 Å². The van der Waals surface area contributed by atoms with E-state index in [1.807, 2.05) is 5.32 Å². The van der Waals surface area contributed by atoms with Gasteiger partial charge in [-0.15, -0.1) is 0 Å². The number of halogens is 2. The second-order valence-electron chi connectivity index (χ2n) is 3.42. The van der Waals surface area contributed by atoms with Crippen molar-refractivity contribution >= 4 is 18.5 Å². The Kier molecular flexibility index (Phi) is 5.36. The number of aliphatic hydroxyl groups excluding tert-OH is 1. The largest absolute Gasteiger partial charge is 0.390 e. The standard InChI is InChI=1S/C8H15F2NO2S/c1-5(2)6(14)7(13)11-3-8(9,10)4-12/h5-6,12,14H,3-4H2,1-2H3,(H,11,13). The normalized spacial score (nSPS) is 14.2. The fourth-order valence-corrected chi connectivity index (χ4v) is 0.771. The number of carbonyl (C=O) groups is 1. The van der Waals surface area contributed by atoms with Gasteiger partial charge in [-0.3, -0.25) is 4.79 Å². The zero-order valence-electron chi connectivity index (χ0n) is 8.13. The van der Waals surface area contributed by atoms with E-state index in [-0.39, 0.29) is 5.92 Å². The van der Waals surface area contributed by atoms with Crippen LogP contribution in [0.15, 0.2) is 0 Å². The van der Waals surface area contributed by atoms with Gasteiger partial charge in [-0.1, -0.05) is 13.8 Å². The summed E-state index contributed by atoms with van der Waals surface area (Å²) in [4.78, 5) is 11.1. The molecular formula is C8H15F2NO2S.